The molecule has 0 aliphatic rings. The summed E-state index contributed by atoms with van der Waals surface area (Å²) in [6.45, 7) is 13.5. The monoisotopic (exact) mass is 112 g/mol. The minimum atomic E-state index is 0.217. The molecule has 1 heteroatoms. The third kappa shape index (κ3) is 1.97. The fourth-order valence-corrected chi connectivity index (χ4v) is 0.224. The molecule has 0 saturated carbocycles. The second kappa shape index (κ2) is 2.17. The van der Waals surface area contributed by atoms with Gasteiger partial charge in [0, 0.05) is 12.3 Å². The molecule has 8 heavy (non-hydrogen) atoms. The minimum Gasteiger partial charge on any atom is -0.0834 e. The van der Waals surface area contributed by atoms with Gasteiger partial charge in [-0.1, -0.05) is 25.6 Å². The SMILES string of the molecule is C#[N+]C(C)C(C)(C)C. The standard InChI is InChI=1S/C7H14N/c1-6(8-5)7(2,3)4/h5-6H,1-4H3/q+1. The fourth-order valence-electron chi connectivity index (χ4n) is 0.224. The van der Waals surface area contributed by atoms with E-state index in [1.54, 1.807) is 0 Å². The Labute approximate surface area is 51.5 Å². The van der Waals surface area contributed by atoms with E-state index in [4.69, 9.17) is 6.57 Å². The molecule has 0 aliphatic heterocycles. The lowest BCUT2D eigenvalue weighted by Gasteiger charge is -2.12. The Bertz CT molecular complexity index is 103. The smallest absolute Gasteiger partial charge is 0.0834 e. The van der Waals surface area contributed by atoms with Crippen molar-refractivity contribution < 1.29 is 0 Å². The summed E-state index contributed by atoms with van der Waals surface area (Å²) in [5, 5.41) is 0. The molecule has 0 fully saturated rings. The summed E-state index contributed by atoms with van der Waals surface area (Å²) < 4.78 is 0. The van der Waals surface area contributed by atoms with Crippen molar-refractivity contribution in [1.29, 1.82) is 0 Å². The van der Waals surface area contributed by atoms with Gasteiger partial charge in [0.2, 0.25) is 0 Å². The van der Waals surface area contributed by atoms with E-state index in [-0.39, 0.29) is 11.5 Å². The Hall–Kier alpha value is -0.510. The van der Waals surface area contributed by atoms with Crippen molar-refractivity contribution >= 4 is 0 Å². The van der Waals surface area contributed by atoms with Crippen LogP contribution in [0.1, 0.15) is 27.7 Å². The lowest BCUT2D eigenvalue weighted by molar-refractivity contribution is 0.376. The molecule has 0 aromatic carbocycles. The molecule has 46 valence electrons. The molecule has 0 aromatic rings. The molecule has 0 bridgehead atoms. The second-order valence-electron chi connectivity index (χ2n) is 3.19. The van der Waals surface area contributed by atoms with E-state index in [9.17, 15) is 0 Å². The first-order chi connectivity index (χ1) is 3.48. The van der Waals surface area contributed by atoms with Crippen molar-refractivity contribution in [2.45, 2.75) is 33.7 Å². The molecule has 0 aliphatic carbocycles. The van der Waals surface area contributed by atoms with Crippen LogP contribution < -0.4 is 0 Å². The van der Waals surface area contributed by atoms with Crippen molar-refractivity contribution in [1.82, 2.24) is 0 Å². The van der Waals surface area contributed by atoms with E-state index in [1.165, 1.54) is 0 Å². The summed E-state index contributed by atoms with van der Waals surface area (Å²) in [7, 11) is 0. The van der Waals surface area contributed by atoms with E-state index in [1.807, 2.05) is 6.92 Å². The van der Waals surface area contributed by atoms with Gasteiger partial charge < -0.3 is 0 Å². The van der Waals surface area contributed by atoms with Crippen molar-refractivity contribution in [3.05, 3.63) is 4.85 Å². The van der Waals surface area contributed by atoms with Crippen molar-refractivity contribution in [3.63, 3.8) is 0 Å². The first-order valence-electron chi connectivity index (χ1n) is 2.88. The summed E-state index contributed by atoms with van der Waals surface area (Å²) >= 11 is 0. The van der Waals surface area contributed by atoms with Crippen LogP contribution in [-0.2, 0) is 0 Å². The molecular formula is C7H14N+. The van der Waals surface area contributed by atoms with Crippen molar-refractivity contribution in [2.24, 2.45) is 5.41 Å². The average molecular weight is 112 g/mol. The largest absolute Gasteiger partial charge is 0.274 e. The van der Waals surface area contributed by atoms with E-state index in [0.29, 0.717) is 0 Å². The lowest BCUT2D eigenvalue weighted by atomic mass is 9.89. The summed E-state index contributed by atoms with van der Waals surface area (Å²) in [6.07, 6.45) is 0. The van der Waals surface area contributed by atoms with Crippen LogP contribution in [0.15, 0.2) is 0 Å². The zero-order chi connectivity index (χ0) is 6.78. The molecule has 0 N–H and O–H groups in total. The van der Waals surface area contributed by atoms with Crippen molar-refractivity contribution in [3.8, 4) is 6.57 Å². The van der Waals surface area contributed by atoms with E-state index in [2.05, 4.69) is 25.6 Å². The molecule has 1 nitrogen and oxygen atoms in total. The molecule has 1 unspecified atom stereocenters. The van der Waals surface area contributed by atoms with Crippen molar-refractivity contribution in [2.75, 3.05) is 0 Å². The fraction of sp³-hybridized carbons (Fsp3) is 0.857. The quantitative estimate of drug-likeness (QED) is 0.453. The van der Waals surface area contributed by atoms with E-state index in [0.717, 1.165) is 0 Å². The van der Waals surface area contributed by atoms with Crippen LogP contribution in [0, 0.1) is 12.0 Å². The van der Waals surface area contributed by atoms with Crippen LogP contribution in [0.25, 0.3) is 4.85 Å². The van der Waals surface area contributed by atoms with Gasteiger partial charge in [-0.25, -0.2) is 0 Å². The highest BCUT2D eigenvalue weighted by atomic mass is 14.7. The van der Waals surface area contributed by atoms with Crippen LogP contribution in [0.2, 0.25) is 0 Å². The van der Waals surface area contributed by atoms with Gasteiger partial charge in [0.05, 0.1) is 0 Å². The Morgan fingerprint density at radius 3 is 1.75 bits per heavy atom. The topological polar surface area (TPSA) is 4.36 Å². The highest BCUT2D eigenvalue weighted by molar-refractivity contribution is 4.87. The molecule has 0 saturated heterocycles. The third-order valence-electron chi connectivity index (χ3n) is 1.48. The lowest BCUT2D eigenvalue weighted by Crippen LogP contribution is -2.18. The van der Waals surface area contributed by atoms with Crippen LogP contribution >= 0.6 is 0 Å². The number of hydrogen-bond acceptors (Lipinski definition) is 0. The van der Waals surface area contributed by atoms with E-state index >= 15 is 0 Å². The molecule has 1 atom stereocenters. The van der Waals surface area contributed by atoms with Gasteiger partial charge in [0.1, 0.15) is 0 Å². The summed E-state index contributed by atoms with van der Waals surface area (Å²) in [5.41, 5.74) is 0.217. The maximum atomic E-state index is 5.08. The third-order valence-corrected chi connectivity index (χ3v) is 1.48. The number of rotatable bonds is 0. The molecule has 0 rings (SSSR count). The Morgan fingerprint density at radius 2 is 1.75 bits per heavy atom. The van der Waals surface area contributed by atoms with Gasteiger partial charge >= 0.3 is 0 Å². The summed E-state index contributed by atoms with van der Waals surface area (Å²) in [4.78, 5) is 3.66. The molecule has 0 radical (unpaired) electrons. The van der Waals surface area contributed by atoms with Gasteiger partial charge in [-0.3, -0.25) is 0 Å². The van der Waals surface area contributed by atoms with Crippen LogP contribution in [0.4, 0.5) is 0 Å². The highest BCUT2D eigenvalue weighted by Gasteiger charge is 2.26. The average Bonchev–Trinajstić information content (AvgIpc) is 1.62. The normalized spacial score (nSPS) is 14.9. The summed E-state index contributed by atoms with van der Waals surface area (Å²) in [6, 6.07) is 0.252. The van der Waals surface area contributed by atoms with Gasteiger partial charge in [-0.15, -0.1) is 0 Å². The van der Waals surface area contributed by atoms with Gasteiger partial charge in [0.15, 0.2) is 0 Å². The van der Waals surface area contributed by atoms with Crippen LogP contribution in [0.3, 0.4) is 0 Å². The zero-order valence-corrected chi connectivity index (χ0v) is 6.10. The maximum Gasteiger partial charge on any atom is 0.274 e. The molecular weight excluding hydrogens is 98.1 g/mol. The van der Waals surface area contributed by atoms with Crippen LogP contribution in [-0.4, -0.2) is 6.04 Å². The minimum absolute atomic E-state index is 0.217. The summed E-state index contributed by atoms with van der Waals surface area (Å²) in [5.74, 6) is 0. The van der Waals surface area contributed by atoms with Gasteiger partial charge in [-0.2, -0.15) is 0 Å². The molecule has 0 aromatic heterocycles. The zero-order valence-electron chi connectivity index (χ0n) is 6.10. The van der Waals surface area contributed by atoms with Gasteiger partial charge in [0.25, 0.3) is 12.6 Å². The maximum absolute atomic E-state index is 5.08. The van der Waals surface area contributed by atoms with E-state index < -0.39 is 0 Å². The molecule has 0 heterocycles. The number of nitrogens with zero attached hydrogens (tertiary/aromatic N) is 1. The Balaban J connectivity index is 3.87. The Kier molecular flexibility index (Phi) is 2.03. The highest BCUT2D eigenvalue weighted by Crippen LogP contribution is 2.20. The predicted octanol–water partition coefficient (Wildman–Crippen LogP) is 2.38. The van der Waals surface area contributed by atoms with Crippen LogP contribution in [0.5, 0.6) is 0 Å². The Morgan fingerprint density at radius 1 is 1.38 bits per heavy atom. The first kappa shape index (κ1) is 7.49. The van der Waals surface area contributed by atoms with Gasteiger partial charge in [-0.05, 0) is 0 Å². The molecule has 0 spiro atoms. The number of hydrogen-bond donors (Lipinski definition) is 0. The second-order valence-corrected chi connectivity index (χ2v) is 3.19. The molecule has 0 amide bonds. The predicted molar refractivity (Wildman–Crippen MR) is 37.2 cm³/mol. The first-order valence-corrected chi connectivity index (χ1v) is 2.88.